The van der Waals surface area contributed by atoms with Crippen molar-refractivity contribution in [3.63, 3.8) is 0 Å². The van der Waals surface area contributed by atoms with E-state index in [1.165, 1.54) is 0 Å². The highest BCUT2D eigenvalue weighted by molar-refractivity contribution is 5.73. The van der Waals surface area contributed by atoms with Crippen LogP contribution in [0.15, 0.2) is 12.7 Å². The van der Waals surface area contributed by atoms with Gasteiger partial charge in [-0.1, -0.05) is 6.08 Å². The molecule has 1 heterocycles. The Bertz CT molecular complexity index is 156. The van der Waals surface area contributed by atoms with E-state index in [9.17, 15) is 4.79 Å². The molecule has 0 amide bonds. The number of rotatable bonds is 2. The average Bonchev–Trinajstić information content (AvgIpc) is 2.34. The first-order chi connectivity index (χ1) is 4.74. The summed E-state index contributed by atoms with van der Waals surface area (Å²) >= 11 is 0. The molecule has 56 valence electrons. The van der Waals surface area contributed by atoms with Gasteiger partial charge in [-0.15, -0.1) is 6.58 Å². The van der Waals surface area contributed by atoms with Crippen molar-refractivity contribution in [1.82, 2.24) is 5.32 Å². The topological polar surface area (TPSA) is 49.3 Å². The molecule has 0 aliphatic carbocycles. The zero-order chi connectivity index (χ0) is 7.56. The van der Waals surface area contributed by atoms with Crippen molar-refractivity contribution in [2.24, 2.45) is 5.92 Å². The molecule has 0 aromatic carbocycles. The fourth-order valence-electron chi connectivity index (χ4n) is 1.13. The highest BCUT2D eigenvalue weighted by Crippen LogP contribution is 2.14. The molecule has 1 saturated heterocycles. The molecular formula is C7H11NO2. The molecular weight excluding hydrogens is 130 g/mol. The number of hydrogen-bond donors (Lipinski definition) is 2. The largest absolute Gasteiger partial charge is 0.480 e. The Morgan fingerprint density at radius 3 is 2.80 bits per heavy atom. The standard InChI is InChI=1S/C7H11NO2/c1-2-5-3-6(7(9)10)8-4-5/h2,5-6,8H,1,3-4H2,(H,9,10)/t5-,6+/m1/s1. The molecule has 0 bridgehead atoms. The smallest absolute Gasteiger partial charge is 0.320 e. The molecule has 10 heavy (non-hydrogen) atoms. The second-order valence-electron chi connectivity index (χ2n) is 2.53. The Morgan fingerprint density at radius 1 is 1.80 bits per heavy atom. The Hall–Kier alpha value is -0.830. The van der Waals surface area contributed by atoms with Crippen LogP contribution in [0.5, 0.6) is 0 Å². The van der Waals surface area contributed by atoms with E-state index in [1.54, 1.807) is 6.08 Å². The fourth-order valence-corrected chi connectivity index (χ4v) is 1.13. The quantitative estimate of drug-likeness (QED) is 0.541. The van der Waals surface area contributed by atoms with Crippen molar-refractivity contribution in [2.45, 2.75) is 12.5 Å². The van der Waals surface area contributed by atoms with Crippen LogP contribution in [0.4, 0.5) is 0 Å². The molecule has 3 heteroatoms. The first-order valence-electron chi connectivity index (χ1n) is 3.32. The number of aliphatic carboxylic acids is 1. The zero-order valence-electron chi connectivity index (χ0n) is 5.71. The Balaban J connectivity index is 2.42. The van der Waals surface area contributed by atoms with Crippen LogP contribution in [-0.4, -0.2) is 23.7 Å². The number of hydrogen-bond acceptors (Lipinski definition) is 2. The number of carboxylic acid groups (broad SMARTS) is 1. The summed E-state index contributed by atoms with van der Waals surface area (Å²) in [5, 5.41) is 11.4. The number of carbonyl (C=O) groups is 1. The van der Waals surface area contributed by atoms with Gasteiger partial charge in [0.05, 0.1) is 0 Å². The molecule has 0 spiro atoms. The van der Waals surface area contributed by atoms with Gasteiger partial charge in [0.25, 0.3) is 0 Å². The van der Waals surface area contributed by atoms with Gasteiger partial charge in [0, 0.05) is 6.54 Å². The van der Waals surface area contributed by atoms with Crippen LogP contribution in [0.1, 0.15) is 6.42 Å². The Kier molecular flexibility index (Phi) is 2.06. The van der Waals surface area contributed by atoms with Crippen molar-refractivity contribution < 1.29 is 9.90 Å². The molecule has 0 unspecified atom stereocenters. The first kappa shape index (κ1) is 7.28. The van der Waals surface area contributed by atoms with Crippen molar-refractivity contribution in [2.75, 3.05) is 6.54 Å². The lowest BCUT2D eigenvalue weighted by Crippen LogP contribution is -2.29. The lowest BCUT2D eigenvalue weighted by molar-refractivity contribution is -0.139. The lowest BCUT2D eigenvalue weighted by atomic mass is 10.1. The maximum absolute atomic E-state index is 10.4. The van der Waals surface area contributed by atoms with E-state index in [0.29, 0.717) is 12.3 Å². The summed E-state index contributed by atoms with van der Waals surface area (Å²) in [6.07, 6.45) is 2.48. The Labute approximate surface area is 59.7 Å². The predicted molar refractivity (Wildman–Crippen MR) is 37.7 cm³/mol. The minimum absolute atomic E-state index is 0.334. The third-order valence-electron chi connectivity index (χ3n) is 1.80. The molecule has 0 saturated carbocycles. The van der Waals surface area contributed by atoms with Crippen molar-refractivity contribution in [3.8, 4) is 0 Å². The molecule has 0 radical (unpaired) electrons. The molecule has 1 rings (SSSR count). The van der Waals surface area contributed by atoms with Gasteiger partial charge < -0.3 is 10.4 Å². The van der Waals surface area contributed by atoms with E-state index < -0.39 is 5.97 Å². The van der Waals surface area contributed by atoms with Gasteiger partial charge in [-0.2, -0.15) is 0 Å². The van der Waals surface area contributed by atoms with Crippen molar-refractivity contribution in [1.29, 1.82) is 0 Å². The van der Waals surface area contributed by atoms with Crippen molar-refractivity contribution in [3.05, 3.63) is 12.7 Å². The SMILES string of the molecule is C=C[C@H]1CN[C@H](C(=O)O)C1. The number of carboxylic acids is 1. The van der Waals surface area contributed by atoms with E-state index in [4.69, 9.17) is 5.11 Å². The van der Waals surface area contributed by atoms with Crippen LogP contribution < -0.4 is 5.32 Å². The van der Waals surface area contributed by atoms with Crippen LogP contribution in [0.2, 0.25) is 0 Å². The van der Waals surface area contributed by atoms with Gasteiger partial charge in [-0.3, -0.25) is 4.79 Å². The van der Waals surface area contributed by atoms with E-state index in [2.05, 4.69) is 11.9 Å². The van der Waals surface area contributed by atoms with Crippen molar-refractivity contribution >= 4 is 5.97 Å². The molecule has 1 aliphatic rings. The highest BCUT2D eigenvalue weighted by Gasteiger charge is 2.26. The minimum atomic E-state index is -0.760. The molecule has 0 aromatic rings. The minimum Gasteiger partial charge on any atom is -0.480 e. The highest BCUT2D eigenvalue weighted by atomic mass is 16.4. The van der Waals surface area contributed by atoms with Crippen LogP contribution in [-0.2, 0) is 4.79 Å². The van der Waals surface area contributed by atoms with Gasteiger partial charge >= 0.3 is 5.97 Å². The summed E-state index contributed by atoms with van der Waals surface area (Å²) in [5.41, 5.74) is 0. The predicted octanol–water partition coefficient (Wildman–Crippen LogP) is 0.235. The summed E-state index contributed by atoms with van der Waals surface area (Å²) in [4.78, 5) is 10.4. The molecule has 2 N–H and O–H groups in total. The van der Waals surface area contributed by atoms with Crippen LogP contribution in [0.3, 0.4) is 0 Å². The van der Waals surface area contributed by atoms with E-state index in [1.807, 2.05) is 0 Å². The Morgan fingerprint density at radius 2 is 2.50 bits per heavy atom. The van der Waals surface area contributed by atoms with Crippen LogP contribution in [0.25, 0.3) is 0 Å². The summed E-state index contributed by atoms with van der Waals surface area (Å²) in [5.74, 6) is -0.426. The third kappa shape index (κ3) is 1.36. The van der Waals surface area contributed by atoms with E-state index in [-0.39, 0.29) is 6.04 Å². The number of nitrogens with one attached hydrogen (secondary N) is 1. The third-order valence-corrected chi connectivity index (χ3v) is 1.80. The molecule has 1 fully saturated rings. The van der Waals surface area contributed by atoms with E-state index in [0.717, 1.165) is 6.54 Å². The lowest BCUT2D eigenvalue weighted by Gasteiger charge is -2.00. The van der Waals surface area contributed by atoms with Gasteiger partial charge in [-0.25, -0.2) is 0 Å². The molecule has 0 aromatic heterocycles. The fraction of sp³-hybridized carbons (Fsp3) is 0.571. The van der Waals surface area contributed by atoms with Gasteiger partial charge in [0.15, 0.2) is 0 Å². The van der Waals surface area contributed by atoms with Gasteiger partial charge in [0.2, 0.25) is 0 Å². The van der Waals surface area contributed by atoms with Gasteiger partial charge in [0.1, 0.15) is 6.04 Å². The monoisotopic (exact) mass is 141 g/mol. The average molecular weight is 141 g/mol. The first-order valence-corrected chi connectivity index (χ1v) is 3.32. The summed E-state index contributed by atoms with van der Waals surface area (Å²) in [6.45, 7) is 4.35. The zero-order valence-corrected chi connectivity index (χ0v) is 5.71. The molecule has 3 nitrogen and oxygen atoms in total. The second kappa shape index (κ2) is 2.84. The van der Waals surface area contributed by atoms with Gasteiger partial charge in [-0.05, 0) is 12.3 Å². The van der Waals surface area contributed by atoms with Crippen LogP contribution in [0, 0.1) is 5.92 Å². The maximum atomic E-state index is 10.4. The summed E-state index contributed by atoms with van der Waals surface area (Å²) in [6, 6.07) is -0.358. The normalized spacial score (nSPS) is 32.0. The maximum Gasteiger partial charge on any atom is 0.320 e. The second-order valence-corrected chi connectivity index (χ2v) is 2.53. The van der Waals surface area contributed by atoms with E-state index >= 15 is 0 Å². The summed E-state index contributed by atoms with van der Waals surface area (Å²) < 4.78 is 0. The molecule has 1 aliphatic heterocycles. The molecule has 2 atom stereocenters. The summed E-state index contributed by atoms with van der Waals surface area (Å²) in [7, 11) is 0. The van der Waals surface area contributed by atoms with Crippen LogP contribution >= 0.6 is 0 Å².